The lowest BCUT2D eigenvalue weighted by Crippen LogP contribution is -2.23. The van der Waals surface area contributed by atoms with Gasteiger partial charge in [-0.1, -0.05) is 19.1 Å². The first-order valence-corrected chi connectivity index (χ1v) is 7.89. The number of halogens is 2. The zero-order chi connectivity index (χ0) is 14.0. The molecule has 1 atom stereocenters. The molecule has 2 rings (SSSR count). The van der Waals surface area contributed by atoms with Gasteiger partial charge in [0.25, 0.3) is 0 Å². The summed E-state index contributed by atoms with van der Waals surface area (Å²) in [6.45, 7) is 7.01. The quantitative estimate of drug-likeness (QED) is 0.828. The van der Waals surface area contributed by atoms with Gasteiger partial charge >= 0.3 is 0 Å². The Balaban J connectivity index is 2.51. The van der Waals surface area contributed by atoms with Crippen LogP contribution < -0.4 is 5.32 Å². The van der Waals surface area contributed by atoms with E-state index in [1.54, 1.807) is 17.4 Å². The molecule has 0 aliphatic heterocycles. The van der Waals surface area contributed by atoms with Gasteiger partial charge in [-0.15, -0.1) is 11.3 Å². The summed E-state index contributed by atoms with van der Waals surface area (Å²) >= 11 is 5.02. The highest BCUT2D eigenvalue weighted by molar-refractivity contribution is 9.10. The Morgan fingerprint density at radius 2 is 2.05 bits per heavy atom. The minimum absolute atomic E-state index is 0.0903. The maximum atomic E-state index is 14.3. The van der Waals surface area contributed by atoms with E-state index in [1.165, 1.54) is 15.3 Å². The van der Waals surface area contributed by atoms with Crippen LogP contribution >= 0.6 is 27.3 Å². The van der Waals surface area contributed by atoms with E-state index >= 15 is 0 Å². The molecule has 0 saturated heterocycles. The van der Waals surface area contributed by atoms with Gasteiger partial charge in [0, 0.05) is 15.3 Å². The number of nitrogens with one attached hydrogen (secondary N) is 1. The lowest BCUT2D eigenvalue weighted by Gasteiger charge is -2.19. The standard InChI is InChI=1S/C15H17BrFNS/c1-4-18-15(12-8-9(2)19-10(12)3)11-6-5-7-13(16)14(11)17/h5-8,15,18H,4H2,1-3H3. The average Bonchev–Trinajstić information content (AvgIpc) is 2.69. The van der Waals surface area contributed by atoms with Gasteiger partial charge in [0.05, 0.1) is 10.5 Å². The monoisotopic (exact) mass is 341 g/mol. The number of thiophene rings is 1. The highest BCUT2D eigenvalue weighted by Crippen LogP contribution is 2.33. The summed E-state index contributed by atoms with van der Waals surface area (Å²) in [5.41, 5.74) is 1.86. The summed E-state index contributed by atoms with van der Waals surface area (Å²) in [5.74, 6) is -0.184. The second kappa shape index (κ2) is 6.16. The molecule has 19 heavy (non-hydrogen) atoms. The van der Waals surface area contributed by atoms with E-state index in [1.807, 2.05) is 19.1 Å². The minimum atomic E-state index is -0.184. The Hall–Kier alpha value is -0.710. The highest BCUT2D eigenvalue weighted by Gasteiger charge is 2.21. The fraction of sp³-hybridized carbons (Fsp3) is 0.333. The first-order valence-electron chi connectivity index (χ1n) is 6.28. The molecule has 0 aliphatic carbocycles. The van der Waals surface area contributed by atoms with E-state index in [2.05, 4.69) is 41.2 Å². The van der Waals surface area contributed by atoms with Crippen molar-refractivity contribution < 1.29 is 4.39 Å². The first kappa shape index (κ1) is 14.7. The van der Waals surface area contributed by atoms with Crippen molar-refractivity contribution in [3.8, 4) is 0 Å². The van der Waals surface area contributed by atoms with Crippen LogP contribution in [0.15, 0.2) is 28.7 Å². The molecule has 0 bridgehead atoms. The number of benzene rings is 1. The van der Waals surface area contributed by atoms with E-state index in [4.69, 9.17) is 0 Å². The van der Waals surface area contributed by atoms with E-state index in [-0.39, 0.29) is 11.9 Å². The molecule has 0 aliphatic rings. The molecule has 1 aromatic carbocycles. The zero-order valence-electron chi connectivity index (χ0n) is 11.3. The van der Waals surface area contributed by atoms with Crippen LogP contribution in [-0.4, -0.2) is 6.54 Å². The minimum Gasteiger partial charge on any atom is -0.306 e. The molecule has 0 fully saturated rings. The Labute approximate surface area is 126 Å². The maximum Gasteiger partial charge on any atom is 0.142 e. The molecule has 1 nitrogen and oxygen atoms in total. The van der Waals surface area contributed by atoms with Crippen molar-refractivity contribution in [2.24, 2.45) is 0 Å². The van der Waals surface area contributed by atoms with Gasteiger partial charge in [-0.2, -0.15) is 0 Å². The van der Waals surface area contributed by atoms with E-state index in [0.717, 1.165) is 6.54 Å². The van der Waals surface area contributed by atoms with Gasteiger partial charge in [0.2, 0.25) is 0 Å². The SMILES string of the molecule is CCNC(c1cc(C)sc1C)c1cccc(Br)c1F. The van der Waals surface area contributed by atoms with Crippen LogP contribution in [0.3, 0.4) is 0 Å². The summed E-state index contributed by atoms with van der Waals surface area (Å²) in [4.78, 5) is 2.49. The van der Waals surface area contributed by atoms with Crippen molar-refractivity contribution in [3.63, 3.8) is 0 Å². The number of rotatable bonds is 4. The Morgan fingerprint density at radius 3 is 2.63 bits per heavy atom. The van der Waals surface area contributed by atoms with Crippen molar-refractivity contribution in [2.45, 2.75) is 26.8 Å². The first-order chi connectivity index (χ1) is 9.04. The number of hydrogen-bond acceptors (Lipinski definition) is 2. The fourth-order valence-corrected chi connectivity index (χ4v) is 3.62. The molecule has 0 radical (unpaired) electrons. The van der Waals surface area contributed by atoms with Crippen molar-refractivity contribution in [1.29, 1.82) is 0 Å². The summed E-state index contributed by atoms with van der Waals surface area (Å²) in [6, 6.07) is 7.51. The number of aryl methyl sites for hydroxylation is 2. The lowest BCUT2D eigenvalue weighted by atomic mass is 9.98. The van der Waals surface area contributed by atoms with Crippen LogP contribution in [0.5, 0.6) is 0 Å². The number of hydrogen-bond donors (Lipinski definition) is 1. The molecule has 1 N–H and O–H groups in total. The van der Waals surface area contributed by atoms with Crippen molar-refractivity contribution in [2.75, 3.05) is 6.54 Å². The Kier molecular flexibility index (Phi) is 4.76. The lowest BCUT2D eigenvalue weighted by molar-refractivity contribution is 0.554. The van der Waals surface area contributed by atoms with Crippen molar-refractivity contribution >= 4 is 27.3 Å². The highest BCUT2D eigenvalue weighted by atomic mass is 79.9. The van der Waals surface area contributed by atoms with Crippen LogP contribution in [-0.2, 0) is 0 Å². The predicted molar refractivity (Wildman–Crippen MR) is 83.4 cm³/mol. The molecule has 2 aromatic rings. The van der Waals surface area contributed by atoms with Crippen LogP contribution in [0.4, 0.5) is 4.39 Å². The van der Waals surface area contributed by atoms with Gasteiger partial charge < -0.3 is 5.32 Å². The smallest absolute Gasteiger partial charge is 0.142 e. The zero-order valence-corrected chi connectivity index (χ0v) is 13.7. The third-order valence-electron chi connectivity index (χ3n) is 3.09. The Morgan fingerprint density at radius 1 is 1.32 bits per heavy atom. The molecule has 4 heteroatoms. The van der Waals surface area contributed by atoms with E-state index in [0.29, 0.717) is 10.0 Å². The van der Waals surface area contributed by atoms with Gasteiger partial charge in [0.1, 0.15) is 5.82 Å². The van der Waals surface area contributed by atoms with Gasteiger partial charge in [-0.3, -0.25) is 0 Å². The summed E-state index contributed by atoms with van der Waals surface area (Å²) in [5, 5.41) is 3.38. The normalized spacial score (nSPS) is 12.7. The van der Waals surface area contributed by atoms with Crippen LogP contribution in [0.2, 0.25) is 0 Å². The van der Waals surface area contributed by atoms with Crippen molar-refractivity contribution in [3.05, 3.63) is 55.4 Å². The molecule has 0 spiro atoms. The predicted octanol–water partition coefficient (Wildman–Crippen LogP) is 4.97. The van der Waals surface area contributed by atoms with E-state index < -0.39 is 0 Å². The largest absolute Gasteiger partial charge is 0.306 e. The van der Waals surface area contributed by atoms with Crippen LogP contribution in [0.25, 0.3) is 0 Å². The summed E-state index contributed by atoms with van der Waals surface area (Å²) in [7, 11) is 0. The topological polar surface area (TPSA) is 12.0 Å². The molecular weight excluding hydrogens is 325 g/mol. The molecular formula is C15H17BrFNS. The third kappa shape index (κ3) is 3.07. The second-order valence-electron chi connectivity index (χ2n) is 4.50. The van der Waals surface area contributed by atoms with E-state index in [9.17, 15) is 4.39 Å². The molecule has 1 unspecified atom stereocenters. The average molecular weight is 342 g/mol. The molecule has 1 aromatic heterocycles. The van der Waals surface area contributed by atoms with Crippen molar-refractivity contribution in [1.82, 2.24) is 5.32 Å². The summed E-state index contributed by atoms with van der Waals surface area (Å²) < 4.78 is 14.8. The second-order valence-corrected chi connectivity index (χ2v) is 6.82. The third-order valence-corrected chi connectivity index (χ3v) is 4.69. The molecule has 0 amide bonds. The van der Waals surface area contributed by atoms with Gasteiger partial charge in [-0.25, -0.2) is 4.39 Å². The molecule has 0 saturated carbocycles. The summed E-state index contributed by atoms with van der Waals surface area (Å²) in [6.07, 6.45) is 0. The Bertz CT molecular complexity index is 580. The van der Waals surface area contributed by atoms with Gasteiger partial charge in [0.15, 0.2) is 0 Å². The maximum absolute atomic E-state index is 14.3. The molecule has 1 heterocycles. The molecule has 102 valence electrons. The fourth-order valence-electron chi connectivity index (χ4n) is 2.27. The van der Waals surface area contributed by atoms with Gasteiger partial charge in [-0.05, 0) is 54.0 Å². The van der Waals surface area contributed by atoms with Crippen LogP contribution in [0, 0.1) is 19.7 Å². The van der Waals surface area contributed by atoms with Crippen LogP contribution in [0.1, 0.15) is 33.8 Å².